The summed E-state index contributed by atoms with van der Waals surface area (Å²) >= 11 is 0. The minimum Gasteiger partial charge on any atom is -0.355 e. The lowest BCUT2D eigenvalue weighted by atomic mass is 9.92. The van der Waals surface area contributed by atoms with Crippen LogP contribution in [-0.2, 0) is 17.8 Å². The van der Waals surface area contributed by atoms with Crippen LogP contribution in [0.5, 0.6) is 0 Å². The SMILES string of the molecule is O=C(CC1CCN(c2nccn3nccc23)CC1)N1CCc2ccccc2C1. The van der Waals surface area contributed by atoms with Gasteiger partial charge in [-0.3, -0.25) is 4.79 Å². The Morgan fingerprint density at radius 1 is 1.04 bits per heavy atom. The van der Waals surface area contributed by atoms with Gasteiger partial charge >= 0.3 is 0 Å². The second-order valence-electron chi connectivity index (χ2n) is 7.88. The van der Waals surface area contributed by atoms with Gasteiger partial charge in [0.2, 0.25) is 5.91 Å². The highest BCUT2D eigenvalue weighted by atomic mass is 16.2. The molecule has 0 bridgehead atoms. The van der Waals surface area contributed by atoms with E-state index in [1.165, 1.54) is 11.1 Å². The van der Waals surface area contributed by atoms with Crippen LogP contribution in [0.4, 0.5) is 5.82 Å². The average molecular weight is 375 g/mol. The van der Waals surface area contributed by atoms with Gasteiger partial charge < -0.3 is 9.80 Å². The molecule has 28 heavy (non-hydrogen) atoms. The molecule has 4 heterocycles. The van der Waals surface area contributed by atoms with Gasteiger partial charge in [0.25, 0.3) is 0 Å². The van der Waals surface area contributed by atoms with Crippen molar-refractivity contribution in [1.29, 1.82) is 0 Å². The molecule has 6 nitrogen and oxygen atoms in total. The number of fused-ring (bicyclic) bond motifs is 2. The maximum atomic E-state index is 12.9. The Morgan fingerprint density at radius 2 is 1.86 bits per heavy atom. The smallest absolute Gasteiger partial charge is 0.223 e. The monoisotopic (exact) mass is 375 g/mol. The van der Waals surface area contributed by atoms with E-state index in [9.17, 15) is 4.79 Å². The molecule has 1 amide bonds. The average Bonchev–Trinajstić information content (AvgIpc) is 3.23. The Hall–Kier alpha value is -2.89. The van der Waals surface area contributed by atoms with Crippen LogP contribution in [0.3, 0.4) is 0 Å². The highest BCUT2D eigenvalue weighted by molar-refractivity contribution is 5.77. The van der Waals surface area contributed by atoms with Gasteiger partial charge in [-0.15, -0.1) is 0 Å². The molecule has 0 radical (unpaired) electrons. The van der Waals surface area contributed by atoms with Gasteiger partial charge in [0.15, 0.2) is 5.82 Å². The number of carbonyl (C=O) groups is 1. The molecule has 6 heteroatoms. The fourth-order valence-electron chi connectivity index (χ4n) is 4.52. The first-order valence-electron chi connectivity index (χ1n) is 10.2. The van der Waals surface area contributed by atoms with Crippen molar-refractivity contribution in [3.8, 4) is 0 Å². The Kier molecular flexibility index (Phi) is 4.47. The summed E-state index contributed by atoms with van der Waals surface area (Å²) in [6, 6.07) is 10.5. The number of benzene rings is 1. The van der Waals surface area contributed by atoms with Crippen molar-refractivity contribution in [2.45, 2.75) is 32.2 Å². The predicted octanol–water partition coefficient (Wildman–Crippen LogP) is 2.92. The predicted molar refractivity (Wildman–Crippen MR) is 108 cm³/mol. The summed E-state index contributed by atoms with van der Waals surface area (Å²) in [4.78, 5) is 21.8. The van der Waals surface area contributed by atoms with Crippen LogP contribution >= 0.6 is 0 Å². The van der Waals surface area contributed by atoms with Gasteiger partial charge in [0, 0.05) is 45.0 Å². The third-order valence-electron chi connectivity index (χ3n) is 6.16. The molecule has 0 saturated carbocycles. The largest absolute Gasteiger partial charge is 0.355 e. The molecule has 1 saturated heterocycles. The van der Waals surface area contributed by atoms with Gasteiger partial charge in [0.1, 0.15) is 5.52 Å². The zero-order chi connectivity index (χ0) is 18.9. The summed E-state index contributed by atoms with van der Waals surface area (Å²) in [6.45, 7) is 3.50. The highest BCUT2D eigenvalue weighted by Gasteiger charge is 2.27. The Balaban J connectivity index is 1.19. The van der Waals surface area contributed by atoms with Gasteiger partial charge in [0.05, 0.1) is 6.20 Å². The molecule has 0 aliphatic carbocycles. The van der Waals surface area contributed by atoms with Gasteiger partial charge in [-0.05, 0) is 42.4 Å². The first-order chi connectivity index (χ1) is 13.8. The molecule has 0 atom stereocenters. The molecule has 3 aromatic rings. The van der Waals surface area contributed by atoms with Crippen molar-refractivity contribution in [3.05, 3.63) is 60.0 Å². The third-order valence-corrected chi connectivity index (χ3v) is 6.16. The molecule has 1 fully saturated rings. The quantitative estimate of drug-likeness (QED) is 0.706. The molecule has 1 aromatic carbocycles. The molecule has 0 unspecified atom stereocenters. The molecule has 144 valence electrons. The highest BCUT2D eigenvalue weighted by Crippen LogP contribution is 2.28. The van der Waals surface area contributed by atoms with E-state index in [0.29, 0.717) is 18.2 Å². The Labute approximate surface area is 164 Å². The van der Waals surface area contributed by atoms with Crippen molar-refractivity contribution < 1.29 is 4.79 Å². The molecule has 2 aliphatic rings. The standard InChI is InChI=1S/C22H25N5O/c28-21(26-13-8-18-3-1-2-4-19(18)16-26)15-17-6-11-25(12-7-17)22-20-5-9-24-27(20)14-10-23-22/h1-5,9-10,14,17H,6-8,11-13,15-16H2. The maximum absolute atomic E-state index is 12.9. The first-order valence-corrected chi connectivity index (χ1v) is 10.2. The van der Waals surface area contributed by atoms with Crippen molar-refractivity contribution in [3.63, 3.8) is 0 Å². The van der Waals surface area contributed by atoms with Gasteiger partial charge in [-0.1, -0.05) is 24.3 Å². The summed E-state index contributed by atoms with van der Waals surface area (Å²) in [5.41, 5.74) is 3.74. The van der Waals surface area contributed by atoms with Crippen molar-refractivity contribution in [2.24, 2.45) is 5.92 Å². The van der Waals surface area contributed by atoms with E-state index >= 15 is 0 Å². The fourth-order valence-corrected chi connectivity index (χ4v) is 4.52. The third kappa shape index (κ3) is 3.23. The van der Waals surface area contributed by atoms with Crippen LogP contribution < -0.4 is 4.90 Å². The zero-order valence-electron chi connectivity index (χ0n) is 16.0. The number of hydrogen-bond acceptors (Lipinski definition) is 4. The number of hydrogen-bond donors (Lipinski definition) is 0. The van der Waals surface area contributed by atoms with E-state index in [-0.39, 0.29) is 0 Å². The molecular weight excluding hydrogens is 350 g/mol. The molecular formula is C22H25N5O. The topological polar surface area (TPSA) is 53.7 Å². The second kappa shape index (κ2) is 7.26. The summed E-state index contributed by atoms with van der Waals surface area (Å²) < 4.78 is 1.87. The van der Waals surface area contributed by atoms with E-state index in [2.05, 4.69) is 39.2 Å². The van der Waals surface area contributed by atoms with Crippen LogP contribution in [0, 0.1) is 5.92 Å². The zero-order valence-corrected chi connectivity index (χ0v) is 16.0. The lowest BCUT2D eigenvalue weighted by Gasteiger charge is -2.34. The number of piperidine rings is 1. The molecule has 0 spiro atoms. The Morgan fingerprint density at radius 3 is 2.71 bits per heavy atom. The van der Waals surface area contributed by atoms with Crippen molar-refractivity contribution in [2.75, 3.05) is 24.5 Å². The van der Waals surface area contributed by atoms with Crippen molar-refractivity contribution >= 4 is 17.2 Å². The molecule has 2 aromatic heterocycles. The maximum Gasteiger partial charge on any atom is 0.223 e. The van der Waals surface area contributed by atoms with Crippen LogP contribution in [0.15, 0.2) is 48.9 Å². The van der Waals surface area contributed by atoms with E-state index in [0.717, 1.165) is 56.8 Å². The number of rotatable bonds is 3. The fraction of sp³-hybridized carbons (Fsp3) is 0.409. The lowest BCUT2D eigenvalue weighted by molar-refractivity contribution is -0.133. The summed E-state index contributed by atoms with van der Waals surface area (Å²) in [5.74, 6) is 1.77. The van der Waals surface area contributed by atoms with E-state index < -0.39 is 0 Å². The van der Waals surface area contributed by atoms with Crippen LogP contribution in [-0.4, -0.2) is 45.0 Å². The summed E-state index contributed by atoms with van der Waals surface area (Å²) in [6.07, 6.45) is 9.20. The normalized spacial score (nSPS) is 17.7. The number of amides is 1. The van der Waals surface area contributed by atoms with Gasteiger partial charge in [-0.25, -0.2) is 9.50 Å². The first kappa shape index (κ1) is 17.2. The van der Waals surface area contributed by atoms with Crippen LogP contribution in [0.1, 0.15) is 30.4 Å². The number of carbonyl (C=O) groups excluding carboxylic acids is 1. The number of nitrogens with zero attached hydrogens (tertiary/aromatic N) is 5. The second-order valence-corrected chi connectivity index (χ2v) is 7.88. The number of anilines is 1. The summed E-state index contributed by atoms with van der Waals surface area (Å²) in [5, 5.41) is 4.30. The summed E-state index contributed by atoms with van der Waals surface area (Å²) in [7, 11) is 0. The van der Waals surface area contributed by atoms with E-state index in [1.54, 1.807) is 6.20 Å². The van der Waals surface area contributed by atoms with Crippen LogP contribution in [0.2, 0.25) is 0 Å². The molecule has 5 rings (SSSR count). The van der Waals surface area contributed by atoms with E-state index in [1.807, 2.05) is 27.9 Å². The molecule has 0 N–H and O–H groups in total. The Bertz CT molecular complexity index is 989. The van der Waals surface area contributed by atoms with Gasteiger partial charge in [-0.2, -0.15) is 5.10 Å². The van der Waals surface area contributed by atoms with Crippen LogP contribution in [0.25, 0.3) is 5.52 Å². The number of aromatic nitrogens is 3. The minimum atomic E-state index is 0.309. The lowest BCUT2D eigenvalue weighted by Crippen LogP contribution is -2.39. The van der Waals surface area contributed by atoms with Crippen molar-refractivity contribution in [1.82, 2.24) is 19.5 Å². The minimum absolute atomic E-state index is 0.309. The molecule has 2 aliphatic heterocycles. The van der Waals surface area contributed by atoms with E-state index in [4.69, 9.17) is 0 Å².